The van der Waals surface area contributed by atoms with Crippen LogP contribution in [0.1, 0.15) is 5.56 Å². The molecule has 102 valence electrons. The summed E-state index contributed by atoms with van der Waals surface area (Å²) in [5, 5.41) is 0.0909. The molecule has 0 aliphatic rings. The van der Waals surface area contributed by atoms with Gasteiger partial charge in [-0.1, -0.05) is 23.2 Å². The van der Waals surface area contributed by atoms with Gasteiger partial charge in [-0.3, -0.25) is 4.72 Å². The normalized spacial score (nSPS) is 11.6. The van der Waals surface area contributed by atoms with Gasteiger partial charge in [-0.05, 0) is 18.6 Å². The first-order chi connectivity index (χ1) is 8.79. The minimum Gasteiger partial charge on any atom is -0.339 e. The van der Waals surface area contributed by atoms with Gasteiger partial charge < -0.3 is 4.57 Å². The first-order valence-corrected chi connectivity index (χ1v) is 7.37. The highest BCUT2D eigenvalue weighted by molar-refractivity contribution is 7.92. The molecule has 6 nitrogen and oxygen atoms in total. The maximum absolute atomic E-state index is 12.1. The molecule has 0 bridgehead atoms. The molecule has 0 atom stereocenters. The number of hydrogen-bond donors (Lipinski definition) is 1. The van der Waals surface area contributed by atoms with E-state index in [1.165, 1.54) is 23.2 Å². The summed E-state index contributed by atoms with van der Waals surface area (Å²) in [7, 11) is -2.13. The van der Waals surface area contributed by atoms with E-state index in [-0.39, 0.29) is 21.0 Å². The second-order valence-corrected chi connectivity index (χ2v) is 6.29. The van der Waals surface area contributed by atoms with Gasteiger partial charge in [0.1, 0.15) is 5.15 Å². The van der Waals surface area contributed by atoms with E-state index in [0.717, 1.165) is 0 Å². The SMILES string of the molecule is Cc1cc(Cl)nc(Cl)c1NS(=O)(=O)c1cn(C)cn1. The molecule has 0 aliphatic heterocycles. The van der Waals surface area contributed by atoms with Crippen LogP contribution in [0.2, 0.25) is 10.3 Å². The average molecular weight is 321 g/mol. The van der Waals surface area contributed by atoms with E-state index in [1.807, 2.05) is 0 Å². The molecule has 0 radical (unpaired) electrons. The van der Waals surface area contributed by atoms with Crippen molar-refractivity contribution in [1.29, 1.82) is 0 Å². The zero-order valence-electron chi connectivity index (χ0n) is 10.1. The second-order valence-electron chi connectivity index (χ2n) is 3.91. The Morgan fingerprint density at radius 1 is 1.37 bits per heavy atom. The quantitative estimate of drug-likeness (QED) is 0.880. The van der Waals surface area contributed by atoms with Crippen LogP contribution >= 0.6 is 23.2 Å². The van der Waals surface area contributed by atoms with Crippen molar-refractivity contribution >= 4 is 38.9 Å². The molecule has 2 rings (SSSR count). The lowest BCUT2D eigenvalue weighted by Crippen LogP contribution is -2.15. The molecule has 2 aromatic rings. The van der Waals surface area contributed by atoms with E-state index < -0.39 is 10.0 Å². The molecule has 0 saturated heterocycles. The Labute approximate surface area is 120 Å². The summed E-state index contributed by atoms with van der Waals surface area (Å²) in [5.41, 5.74) is 0.765. The largest absolute Gasteiger partial charge is 0.339 e. The number of sulfonamides is 1. The van der Waals surface area contributed by atoms with Crippen LogP contribution in [0.3, 0.4) is 0 Å². The third kappa shape index (κ3) is 2.99. The van der Waals surface area contributed by atoms with Gasteiger partial charge in [0.05, 0.1) is 12.0 Å². The molecule has 1 N–H and O–H groups in total. The van der Waals surface area contributed by atoms with E-state index in [0.29, 0.717) is 5.56 Å². The van der Waals surface area contributed by atoms with E-state index >= 15 is 0 Å². The van der Waals surface area contributed by atoms with Crippen LogP contribution in [0, 0.1) is 6.92 Å². The Morgan fingerprint density at radius 3 is 2.58 bits per heavy atom. The maximum atomic E-state index is 12.1. The molecule has 19 heavy (non-hydrogen) atoms. The van der Waals surface area contributed by atoms with Crippen LogP contribution in [-0.2, 0) is 17.1 Å². The topological polar surface area (TPSA) is 76.9 Å². The fourth-order valence-corrected chi connectivity index (χ4v) is 3.19. The summed E-state index contributed by atoms with van der Waals surface area (Å²) in [5.74, 6) is 0. The van der Waals surface area contributed by atoms with Crippen molar-refractivity contribution in [3.63, 3.8) is 0 Å². The molecule has 9 heteroatoms. The highest BCUT2D eigenvalue weighted by Gasteiger charge is 2.20. The Hall–Kier alpha value is -1.31. The lowest BCUT2D eigenvalue weighted by atomic mass is 10.3. The smallest absolute Gasteiger partial charge is 0.281 e. The van der Waals surface area contributed by atoms with Gasteiger partial charge in [0.15, 0.2) is 10.2 Å². The number of nitrogens with zero attached hydrogens (tertiary/aromatic N) is 3. The van der Waals surface area contributed by atoms with Gasteiger partial charge in [-0.25, -0.2) is 9.97 Å². The number of rotatable bonds is 3. The van der Waals surface area contributed by atoms with Crippen LogP contribution in [-0.4, -0.2) is 23.0 Å². The number of pyridine rings is 1. The molecular weight excluding hydrogens is 311 g/mol. The van der Waals surface area contributed by atoms with Crippen molar-refractivity contribution in [2.45, 2.75) is 11.9 Å². The van der Waals surface area contributed by atoms with Crippen LogP contribution in [0.4, 0.5) is 5.69 Å². The lowest BCUT2D eigenvalue weighted by molar-refractivity contribution is 0.598. The molecule has 0 spiro atoms. The third-order valence-corrected chi connectivity index (χ3v) is 4.04. The predicted molar refractivity (Wildman–Crippen MR) is 73.0 cm³/mol. The minimum absolute atomic E-state index is 0.00972. The summed E-state index contributed by atoms with van der Waals surface area (Å²) in [6.45, 7) is 1.68. The zero-order chi connectivity index (χ0) is 14.2. The van der Waals surface area contributed by atoms with E-state index in [2.05, 4.69) is 14.7 Å². The van der Waals surface area contributed by atoms with Gasteiger partial charge in [0, 0.05) is 13.2 Å². The monoisotopic (exact) mass is 320 g/mol. The van der Waals surface area contributed by atoms with E-state index in [1.54, 1.807) is 14.0 Å². The van der Waals surface area contributed by atoms with Gasteiger partial charge >= 0.3 is 0 Å². The van der Waals surface area contributed by atoms with Crippen molar-refractivity contribution in [2.75, 3.05) is 4.72 Å². The molecule has 2 aromatic heterocycles. The summed E-state index contributed by atoms with van der Waals surface area (Å²) < 4.78 is 28.1. The lowest BCUT2D eigenvalue weighted by Gasteiger charge is -2.10. The van der Waals surface area contributed by atoms with Crippen molar-refractivity contribution in [2.24, 2.45) is 7.05 Å². The fourth-order valence-electron chi connectivity index (χ4n) is 1.43. The van der Waals surface area contributed by atoms with Crippen LogP contribution < -0.4 is 4.72 Å². The third-order valence-electron chi connectivity index (χ3n) is 2.33. The number of hydrogen-bond acceptors (Lipinski definition) is 4. The Morgan fingerprint density at radius 2 is 2.05 bits per heavy atom. The molecule has 0 amide bonds. The molecule has 0 fully saturated rings. The fraction of sp³-hybridized carbons (Fsp3) is 0.200. The molecule has 2 heterocycles. The minimum atomic E-state index is -3.80. The zero-order valence-corrected chi connectivity index (χ0v) is 12.4. The molecular formula is C10H10Cl2N4O2S. The number of aromatic nitrogens is 3. The van der Waals surface area contributed by atoms with Crippen molar-refractivity contribution in [3.05, 3.63) is 34.5 Å². The highest BCUT2D eigenvalue weighted by Crippen LogP contribution is 2.28. The standard InChI is InChI=1S/C10H10Cl2N4O2S/c1-6-3-7(11)14-10(12)9(6)15-19(17,18)8-4-16(2)5-13-8/h3-5,15H,1-2H3. The van der Waals surface area contributed by atoms with Crippen LogP contribution in [0.25, 0.3) is 0 Å². The molecule has 0 aliphatic carbocycles. The Kier molecular flexibility index (Phi) is 3.71. The van der Waals surface area contributed by atoms with Crippen LogP contribution in [0.15, 0.2) is 23.6 Å². The Balaban J connectivity index is 2.41. The summed E-state index contributed by atoms with van der Waals surface area (Å²) in [6.07, 6.45) is 2.78. The van der Waals surface area contributed by atoms with E-state index in [4.69, 9.17) is 23.2 Å². The predicted octanol–water partition coefficient (Wildman–Crippen LogP) is 2.23. The molecule has 0 saturated carbocycles. The second kappa shape index (κ2) is 4.99. The summed E-state index contributed by atoms with van der Waals surface area (Å²) in [4.78, 5) is 7.58. The number of imidazole rings is 1. The number of nitrogens with one attached hydrogen (secondary N) is 1. The van der Waals surface area contributed by atoms with Crippen molar-refractivity contribution < 1.29 is 8.42 Å². The summed E-state index contributed by atoms with van der Waals surface area (Å²) >= 11 is 11.6. The molecule has 0 aromatic carbocycles. The first-order valence-electron chi connectivity index (χ1n) is 5.13. The summed E-state index contributed by atoms with van der Waals surface area (Å²) in [6, 6.07) is 1.52. The van der Waals surface area contributed by atoms with Gasteiger partial charge in [0.2, 0.25) is 0 Å². The average Bonchev–Trinajstić information content (AvgIpc) is 2.71. The Bertz CT molecular complexity index is 704. The number of halogens is 2. The van der Waals surface area contributed by atoms with Crippen molar-refractivity contribution in [1.82, 2.24) is 14.5 Å². The van der Waals surface area contributed by atoms with Gasteiger partial charge in [0.25, 0.3) is 10.0 Å². The highest BCUT2D eigenvalue weighted by atomic mass is 35.5. The molecule has 0 unspecified atom stereocenters. The van der Waals surface area contributed by atoms with Gasteiger partial charge in [-0.2, -0.15) is 8.42 Å². The first kappa shape index (κ1) is 14.1. The number of aryl methyl sites for hydroxylation is 2. The number of anilines is 1. The maximum Gasteiger partial charge on any atom is 0.281 e. The van der Waals surface area contributed by atoms with E-state index in [9.17, 15) is 8.42 Å². The van der Waals surface area contributed by atoms with Crippen molar-refractivity contribution in [3.8, 4) is 0 Å². The van der Waals surface area contributed by atoms with Gasteiger partial charge in [-0.15, -0.1) is 0 Å². The van der Waals surface area contributed by atoms with Crippen LogP contribution in [0.5, 0.6) is 0 Å².